The predicted octanol–water partition coefficient (Wildman–Crippen LogP) is 0.0879. The number of ether oxygens (including phenoxy) is 1. The number of barbiturate groups is 1. The average Bonchev–Trinajstić information content (AvgIpc) is 2.69. The van der Waals surface area contributed by atoms with Crippen molar-refractivity contribution in [2.75, 3.05) is 7.11 Å². The number of amides is 4. The summed E-state index contributed by atoms with van der Waals surface area (Å²) in [7, 11) is 1.00. The molecule has 4 N–H and O–H groups in total. The van der Waals surface area contributed by atoms with Gasteiger partial charge in [0.1, 0.15) is 24.6 Å². The van der Waals surface area contributed by atoms with Crippen LogP contribution in [0.25, 0.3) is 11.1 Å². The number of esters is 1. The standard InChI is InChI=1S/C9H5F3N2O4.C6H7F3O3.C4H4N2O3/c10-9(11,12)2-3-1-4(15)18-7-5(3)6(16)13-8(17)14-7;1-12-5(11)2-4(10)3-6(7,8)9;7-2-1-3(8)6-4(9)5-2/h1H,2H2,(H2,13,14,16,17);2-3H2,1H3;1H2,(H2,5,6,7,8,9). The van der Waals surface area contributed by atoms with Crippen molar-refractivity contribution in [3.05, 3.63) is 42.9 Å². The Morgan fingerprint density at radius 3 is 1.95 bits per heavy atom. The minimum absolute atomic E-state index is 0.258. The molecule has 14 nitrogen and oxygen atoms in total. The summed E-state index contributed by atoms with van der Waals surface area (Å²) >= 11 is 0. The molecule has 4 amide bonds. The molecule has 1 aliphatic heterocycles. The van der Waals surface area contributed by atoms with Crippen LogP contribution in [0.3, 0.4) is 0 Å². The van der Waals surface area contributed by atoms with Crippen LogP contribution < -0.4 is 27.5 Å². The van der Waals surface area contributed by atoms with Crippen LogP contribution in [0.5, 0.6) is 0 Å². The minimum atomic E-state index is -4.59. The molecule has 0 atom stereocenters. The first-order valence-electron chi connectivity index (χ1n) is 9.94. The Labute approximate surface area is 209 Å². The molecule has 0 spiro atoms. The Morgan fingerprint density at radius 2 is 1.49 bits per heavy atom. The van der Waals surface area contributed by atoms with E-state index in [9.17, 15) is 64.7 Å². The largest absolute Gasteiger partial charge is 0.469 e. The fraction of sp³-hybridized carbons (Fsp3) is 0.368. The van der Waals surface area contributed by atoms with E-state index >= 15 is 0 Å². The van der Waals surface area contributed by atoms with E-state index in [2.05, 4.69) is 9.15 Å². The summed E-state index contributed by atoms with van der Waals surface area (Å²) in [5, 5.41) is 3.31. The number of fused-ring (bicyclic) bond motifs is 1. The third-order valence-corrected chi connectivity index (χ3v) is 3.91. The molecule has 1 fully saturated rings. The maximum Gasteiger partial charge on any atom is 0.395 e. The number of hydrogen-bond donors (Lipinski definition) is 4. The number of carbonyl (C=O) groups is 5. The van der Waals surface area contributed by atoms with Gasteiger partial charge >= 0.3 is 35.7 Å². The maximum absolute atomic E-state index is 12.3. The van der Waals surface area contributed by atoms with E-state index in [0.29, 0.717) is 6.07 Å². The number of imide groups is 2. The molecule has 39 heavy (non-hydrogen) atoms. The van der Waals surface area contributed by atoms with Crippen molar-refractivity contribution in [2.24, 2.45) is 0 Å². The van der Waals surface area contributed by atoms with Crippen molar-refractivity contribution in [3.8, 4) is 0 Å². The number of rotatable bonds is 4. The lowest BCUT2D eigenvalue weighted by molar-refractivity contribution is -0.156. The summed E-state index contributed by atoms with van der Waals surface area (Å²) in [6, 6.07) is -0.167. The molecule has 0 aromatic carbocycles. The molecule has 3 heterocycles. The van der Waals surface area contributed by atoms with Crippen LogP contribution in [0.15, 0.2) is 24.9 Å². The zero-order valence-electron chi connectivity index (χ0n) is 19.3. The number of H-pyrrole nitrogens is 2. The summed E-state index contributed by atoms with van der Waals surface area (Å²) in [5.74, 6) is -3.24. The highest BCUT2D eigenvalue weighted by Gasteiger charge is 2.32. The highest BCUT2D eigenvalue weighted by molar-refractivity contribution is 6.14. The zero-order chi connectivity index (χ0) is 30.1. The summed E-state index contributed by atoms with van der Waals surface area (Å²) in [6.45, 7) is 0. The van der Waals surface area contributed by atoms with E-state index in [1.54, 1.807) is 4.98 Å². The van der Waals surface area contributed by atoms with Gasteiger partial charge in [-0.3, -0.25) is 44.6 Å². The van der Waals surface area contributed by atoms with Crippen LogP contribution in [0.1, 0.15) is 24.8 Å². The number of halogens is 6. The quantitative estimate of drug-likeness (QED) is 0.219. The Balaban J connectivity index is 0.000000314. The number of ketones is 1. The lowest BCUT2D eigenvalue weighted by Crippen LogP contribution is -2.49. The molecular formula is C19H16F6N4O10. The van der Waals surface area contributed by atoms with Crippen molar-refractivity contribution in [1.29, 1.82) is 0 Å². The number of carbonyl (C=O) groups excluding carboxylic acids is 5. The van der Waals surface area contributed by atoms with E-state index in [1.807, 2.05) is 15.6 Å². The normalized spacial score (nSPS) is 13.3. The molecule has 2 aromatic heterocycles. The van der Waals surface area contributed by atoms with E-state index in [0.717, 1.165) is 7.11 Å². The average molecular weight is 574 g/mol. The SMILES string of the molecule is COC(=O)CC(=O)CC(F)(F)F.O=C1CC(=O)NC(=O)N1.O=c1[nH]c(=O)c2c(CC(F)(F)F)cc(=O)oc2[nH]1. The van der Waals surface area contributed by atoms with Gasteiger partial charge in [0.15, 0.2) is 5.78 Å². The van der Waals surface area contributed by atoms with Crippen molar-refractivity contribution in [3.63, 3.8) is 0 Å². The third kappa shape index (κ3) is 12.3. The zero-order valence-corrected chi connectivity index (χ0v) is 19.3. The van der Waals surface area contributed by atoms with Crippen molar-refractivity contribution < 1.29 is 59.5 Å². The number of hydrogen-bond acceptors (Lipinski definition) is 10. The second-order valence-electron chi connectivity index (χ2n) is 7.18. The van der Waals surface area contributed by atoms with Gasteiger partial charge in [-0.1, -0.05) is 0 Å². The molecule has 0 aliphatic carbocycles. The highest BCUT2D eigenvalue weighted by atomic mass is 19.4. The van der Waals surface area contributed by atoms with Gasteiger partial charge in [-0.25, -0.2) is 14.4 Å². The first-order valence-corrected chi connectivity index (χ1v) is 9.94. The van der Waals surface area contributed by atoms with Crippen LogP contribution in [0.2, 0.25) is 0 Å². The second-order valence-corrected chi connectivity index (χ2v) is 7.18. The Bertz CT molecular complexity index is 1390. The topological polar surface area (TPSA) is 215 Å². The molecule has 20 heteroatoms. The number of aromatic amines is 2. The number of urea groups is 1. The van der Waals surface area contributed by atoms with Gasteiger partial charge in [0.05, 0.1) is 13.5 Å². The highest BCUT2D eigenvalue weighted by Crippen LogP contribution is 2.23. The molecular weight excluding hydrogens is 558 g/mol. The molecule has 0 bridgehead atoms. The van der Waals surface area contributed by atoms with Gasteiger partial charge in [0.25, 0.3) is 5.56 Å². The summed E-state index contributed by atoms with van der Waals surface area (Å²) < 4.78 is 79.8. The van der Waals surface area contributed by atoms with Gasteiger partial charge in [0.2, 0.25) is 17.5 Å². The number of nitrogens with one attached hydrogen (secondary N) is 4. The first-order chi connectivity index (χ1) is 17.8. The second kappa shape index (κ2) is 13.1. The summed E-state index contributed by atoms with van der Waals surface area (Å²) in [4.78, 5) is 88.6. The van der Waals surface area contributed by atoms with Gasteiger partial charge < -0.3 is 9.15 Å². The van der Waals surface area contributed by atoms with E-state index < -0.39 is 94.8 Å². The van der Waals surface area contributed by atoms with Crippen LogP contribution in [0.4, 0.5) is 31.1 Å². The third-order valence-electron chi connectivity index (χ3n) is 3.91. The van der Waals surface area contributed by atoms with Crippen LogP contribution >= 0.6 is 0 Å². The molecule has 1 aliphatic rings. The van der Waals surface area contributed by atoms with Gasteiger partial charge in [-0.2, -0.15) is 26.3 Å². The Hall–Kier alpha value is -4.78. The van der Waals surface area contributed by atoms with Crippen molar-refractivity contribution >= 4 is 40.7 Å². The van der Waals surface area contributed by atoms with E-state index in [1.165, 1.54) is 0 Å². The fourth-order valence-corrected chi connectivity index (χ4v) is 2.57. The van der Waals surface area contributed by atoms with Crippen LogP contribution in [0, 0.1) is 0 Å². The van der Waals surface area contributed by atoms with Crippen molar-refractivity contribution in [2.45, 2.75) is 38.0 Å². The van der Waals surface area contributed by atoms with Crippen LogP contribution in [-0.2, 0) is 30.3 Å². The summed E-state index contributed by atoms with van der Waals surface area (Å²) in [6.07, 6.45) is -13.3. The maximum atomic E-state index is 12.3. The Morgan fingerprint density at radius 1 is 0.923 bits per heavy atom. The molecule has 214 valence electrons. The Kier molecular flexibility index (Phi) is 10.9. The molecule has 3 rings (SSSR count). The molecule has 2 aromatic rings. The monoisotopic (exact) mass is 574 g/mol. The van der Waals surface area contributed by atoms with E-state index in [-0.39, 0.29) is 6.42 Å². The number of alkyl halides is 6. The molecule has 1 saturated heterocycles. The molecule has 0 radical (unpaired) electrons. The lowest BCUT2D eigenvalue weighted by Gasteiger charge is -2.09. The fourth-order valence-electron chi connectivity index (χ4n) is 2.57. The van der Waals surface area contributed by atoms with E-state index in [4.69, 9.17) is 0 Å². The summed E-state index contributed by atoms with van der Waals surface area (Å²) in [5.41, 5.74) is -4.22. The number of aromatic nitrogens is 2. The first kappa shape index (κ1) is 32.2. The van der Waals surface area contributed by atoms with Gasteiger partial charge in [-0.15, -0.1) is 0 Å². The minimum Gasteiger partial charge on any atom is -0.469 e. The smallest absolute Gasteiger partial charge is 0.395 e. The predicted molar refractivity (Wildman–Crippen MR) is 112 cm³/mol. The van der Waals surface area contributed by atoms with Crippen LogP contribution in [-0.4, -0.2) is 59.0 Å². The van der Waals surface area contributed by atoms with Gasteiger partial charge in [-0.05, 0) is 5.56 Å². The van der Waals surface area contributed by atoms with Gasteiger partial charge in [0, 0.05) is 6.07 Å². The molecule has 0 unspecified atom stereocenters. The number of methoxy groups -OCH3 is 1. The lowest BCUT2D eigenvalue weighted by atomic mass is 10.1. The number of Topliss-reactive ketones (excluding diaryl/α,β-unsaturated/α-hetero) is 1. The van der Waals surface area contributed by atoms with Crippen molar-refractivity contribution in [1.82, 2.24) is 20.6 Å². The molecule has 0 saturated carbocycles.